The summed E-state index contributed by atoms with van der Waals surface area (Å²) < 4.78 is 0. The first-order valence-electron chi connectivity index (χ1n) is 9.24. The second-order valence-corrected chi connectivity index (χ2v) is 6.95. The number of carbonyl (C=O) groups is 3. The lowest BCUT2D eigenvalue weighted by molar-refractivity contribution is -0.378. The fourth-order valence-corrected chi connectivity index (χ4v) is 3.71. The number of rotatable bonds is 5. The first-order chi connectivity index (χ1) is 14.1. The van der Waals surface area contributed by atoms with Crippen molar-refractivity contribution < 1.29 is 24.5 Å². The quantitative estimate of drug-likeness (QED) is 0.413. The average molecular weight is 387 g/mol. The van der Waals surface area contributed by atoms with E-state index >= 15 is 0 Å². The van der Waals surface area contributed by atoms with Gasteiger partial charge in [-0.25, -0.2) is 4.98 Å². The molecule has 1 aliphatic rings. The summed E-state index contributed by atoms with van der Waals surface area (Å²) in [6, 6.07) is 17.7. The summed E-state index contributed by atoms with van der Waals surface area (Å²) in [6.07, 6.45) is 3.50. The van der Waals surface area contributed by atoms with Crippen LogP contribution in [0.1, 0.15) is 27.5 Å². The highest BCUT2D eigenvalue weighted by Crippen LogP contribution is 2.39. The maximum Gasteiger partial charge on any atom is 0.291 e. The molecule has 144 valence electrons. The molecule has 3 aromatic rings. The number of ketones is 2. The third kappa shape index (κ3) is 3.52. The molecule has 29 heavy (non-hydrogen) atoms. The molecule has 2 atom stereocenters. The second-order valence-electron chi connectivity index (χ2n) is 6.95. The van der Waals surface area contributed by atoms with Gasteiger partial charge < -0.3 is 10.0 Å². The van der Waals surface area contributed by atoms with Crippen molar-refractivity contribution in [3.63, 3.8) is 0 Å². The SMILES string of the molecule is O=C1C(=O)N(Cc2ccc[nH+]c2)C(c2ccc(O)cc2)C1C(=O)c1ccccc1. The second kappa shape index (κ2) is 7.67. The van der Waals surface area contributed by atoms with Crippen molar-refractivity contribution in [2.75, 3.05) is 0 Å². The molecule has 2 unspecified atom stereocenters. The molecule has 0 spiro atoms. The summed E-state index contributed by atoms with van der Waals surface area (Å²) in [5.74, 6) is -2.84. The molecule has 1 aliphatic heterocycles. The molecule has 0 saturated carbocycles. The first kappa shape index (κ1) is 18.6. The summed E-state index contributed by atoms with van der Waals surface area (Å²) in [5.41, 5.74) is 1.82. The van der Waals surface area contributed by atoms with Crippen LogP contribution in [0.2, 0.25) is 0 Å². The van der Waals surface area contributed by atoms with Gasteiger partial charge in [0.1, 0.15) is 11.7 Å². The van der Waals surface area contributed by atoms with Crippen molar-refractivity contribution in [2.45, 2.75) is 12.6 Å². The number of likely N-dealkylation sites (tertiary alicyclic amines) is 1. The Bertz CT molecular complexity index is 1050. The summed E-state index contributed by atoms with van der Waals surface area (Å²) in [6.45, 7) is 0.187. The minimum absolute atomic E-state index is 0.0690. The highest BCUT2D eigenvalue weighted by atomic mass is 16.3. The van der Waals surface area contributed by atoms with Crippen molar-refractivity contribution in [3.8, 4) is 5.75 Å². The Hall–Kier alpha value is -3.80. The number of phenols is 1. The first-order valence-corrected chi connectivity index (χ1v) is 9.24. The number of H-pyrrole nitrogens is 1. The fourth-order valence-electron chi connectivity index (χ4n) is 3.71. The molecular weight excluding hydrogens is 368 g/mol. The molecule has 1 aromatic heterocycles. The number of nitrogens with one attached hydrogen (secondary N) is 1. The van der Waals surface area contributed by atoms with E-state index in [1.54, 1.807) is 60.9 Å². The van der Waals surface area contributed by atoms with Crippen molar-refractivity contribution >= 4 is 17.5 Å². The van der Waals surface area contributed by atoms with Gasteiger partial charge in [0, 0.05) is 17.2 Å². The summed E-state index contributed by atoms with van der Waals surface area (Å²) in [7, 11) is 0. The van der Waals surface area contributed by atoms with E-state index in [0.29, 0.717) is 11.1 Å². The molecule has 2 aromatic carbocycles. The van der Waals surface area contributed by atoms with Crippen molar-refractivity contribution in [1.82, 2.24) is 4.90 Å². The number of carbonyl (C=O) groups excluding carboxylic acids is 3. The van der Waals surface area contributed by atoms with Crippen LogP contribution in [-0.4, -0.2) is 27.5 Å². The topological polar surface area (TPSA) is 88.8 Å². The fraction of sp³-hybridized carbons (Fsp3) is 0.130. The molecule has 0 radical (unpaired) electrons. The van der Waals surface area contributed by atoms with E-state index in [0.717, 1.165) is 5.56 Å². The zero-order valence-electron chi connectivity index (χ0n) is 15.5. The lowest BCUT2D eigenvalue weighted by atomic mass is 9.86. The highest BCUT2D eigenvalue weighted by Gasteiger charge is 2.51. The van der Waals surface area contributed by atoms with Gasteiger partial charge in [-0.05, 0) is 23.8 Å². The molecule has 0 bridgehead atoms. The Labute approximate surface area is 167 Å². The van der Waals surface area contributed by atoms with Gasteiger partial charge in [-0.1, -0.05) is 42.5 Å². The Kier molecular flexibility index (Phi) is 4.91. The van der Waals surface area contributed by atoms with E-state index in [1.165, 1.54) is 17.0 Å². The minimum Gasteiger partial charge on any atom is -0.508 e. The highest BCUT2D eigenvalue weighted by molar-refractivity contribution is 6.44. The molecule has 4 rings (SSSR count). The van der Waals surface area contributed by atoms with E-state index in [4.69, 9.17) is 0 Å². The Balaban J connectivity index is 1.78. The van der Waals surface area contributed by atoms with Gasteiger partial charge in [0.2, 0.25) is 5.78 Å². The van der Waals surface area contributed by atoms with E-state index in [2.05, 4.69) is 4.98 Å². The van der Waals surface area contributed by atoms with Crippen LogP contribution in [0.5, 0.6) is 5.75 Å². The lowest BCUT2D eigenvalue weighted by Crippen LogP contribution is -2.30. The van der Waals surface area contributed by atoms with Crippen LogP contribution < -0.4 is 4.98 Å². The van der Waals surface area contributed by atoms with Gasteiger partial charge in [0.25, 0.3) is 5.91 Å². The number of nitrogens with zero attached hydrogens (tertiary/aromatic N) is 1. The summed E-state index contributed by atoms with van der Waals surface area (Å²) >= 11 is 0. The monoisotopic (exact) mass is 387 g/mol. The normalized spacial score (nSPS) is 18.8. The molecule has 2 N–H and O–H groups in total. The number of phenolic OH excluding ortho intramolecular Hbond substituents is 1. The molecular formula is C23H19N2O4+. The van der Waals surface area contributed by atoms with Crippen LogP contribution in [-0.2, 0) is 16.1 Å². The van der Waals surface area contributed by atoms with Crippen LogP contribution in [0.15, 0.2) is 79.1 Å². The summed E-state index contributed by atoms with van der Waals surface area (Å²) in [4.78, 5) is 43.4. The minimum atomic E-state index is -1.14. The molecule has 6 heteroatoms. The number of hydrogen-bond donors (Lipinski definition) is 1. The molecule has 1 amide bonds. The predicted octanol–water partition coefficient (Wildman–Crippen LogP) is 2.36. The van der Waals surface area contributed by atoms with Crippen LogP contribution >= 0.6 is 0 Å². The smallest absolute Gasteiger partial charge is 0.291 e. The number of Topliss-reactive ketones (excluding diaryl/α,β-unsaturated/α-hetero) is 2. The molecule has 6 nitrogen and oxygen atoms in total. The number of aromatic amines is 1. The Morgan fingerprint density at radius 1 is 0.966 bits per heavy atom. The standard InChI is InChI=1S/C23H18N2O4/c26-18-10-8-16(9-11-18)20-19(21(27)17-6-2-1-3-7-17)22(28)23(29)25(20)14-15-5-4-12-24-13-15/h1-13,19-20,26H,14H2/p+1. The van der Waals surface area contributed by atoms with Gasteiger partial charge in [-0.2, -0.15) is 0 Å². The van der Waals surface area contributed by atoms with Crippen molar-refractivity contribution in [2.24, 2.45) is 5.92 Å². The molecule has 2 heterocycles. The average Bonchev–Trinajstić information content (AvgIpc) is 3.00. The van der Waals surface area contributed by atoms with Crippen LogP contribution in [0, 0.1) is 5.92 Å². The van der Waals surface area contributed by atoms with Crippen molar-refractivity contribution in [1.29, 1.82) is 0 Å². The van der Waals surface area contributed by atoms with Gasteiger partial charge in [0.15, 0.2) is 18.2 Å². The van der Waals surface area contributed by atoms with E-state index in [-0.39, 0.29) is 18.1 Å². The number of hydrogen-bond acceptors (Lipinski definition) is 4. The predicted molar refractivity (Wildman–Crippen MR) is 104 cm³/mol. The third-order valence-electron chi connectivity index (χ3n) is 5.11. The van der Waals surface area contributed by atoms with E-state index < -0.39 is 23.7 Å². The molecule has 1 fully saturated rings. The van der Waals surface area contributed by atoms with Gasteiger partial charge in [0.05, 0.1) is 12.6 Å². The van der Waals surface area contributed by atoms with Crippen LogP contribution in [0.3, 0.4) is 0 Å². The Morgan fingerprint density at radius 2 is 1.69 bits per heavy atom. The number of amides is 1. The van der Waals surface area contributed by atoms with Gasteiger partial charge in [-0.3, -0.25) is 14.4 Å². The van der Waals surface area contributed by atoms with Gasteiger partial charge >= 0.3 is 0 Å². The Morgan fingerprint density at radius 3 is 2.34 bits per heavy atom. The van der Waals surface area contributed by atoms with Gasteiger partial charge in [-0.15, -0.1) is 0 Å². The number of benzene rings is 2. The molecule has 1 saturated heterocycles. The summed E-state index contributed by atoms with van der Waals surface area (Å²) in [5, 5.41) is 9.64. The van der Waals surface area contributed by atoms with Crippen LogP contribution in [0.25, 0.3) is 0 Å². The lowest BCUT2D eigenvalue weighted by Gasteiger charge is -2.27. The number of aromatic nitrogens is 1. The number of aromatic hydroxyl groups is 1. The van der Waals surface area contributed by atoms with Crippen LogP contribution in [0.4, 0.5) is 0 Å². The third-order valence-corrected chi connectivity index (χ3v) is 5.11. The van der Waals surface area contributed by atoms with E-state index in [1.807, 2.05) is 6.07 Å². The van der Waals surface area contributed by atoms with E-state index in [9.17, 15) is 19.5 Å². The zero-order chi connectivity index (χ0) is 20.4. The number of pyridine rings is 1. The maximum absolute atomic E-state index is 13.2. The molecule has 0 aliphatic carbocycles. The van der Waals surface area contributed by atoms with Crippen molar-refractivity contribution in [3.05, 3.63) is 95.8 Å². The maximum atomic E-state index is 13.2. The zero-order valence-corrected chi connectivity index (χ0v) is 15.5. The largest absolute Gasteiger partial charge is 0.508 e.